The Kier molecular flexibility index (Phi) is 5.40. The SMILES string of the molecule is Cc1nc(OC2CCOCC2)c(N)cc1-c1cncc(N2CCOCC2)c1. The van der Waals surface area contributed by atoms with Gasteiger partial charge in [0.25, 0.3) is 0 Å². The van der Waals surface area contributed by atoms with Crippen LogP contribution in [0.15, 0.2) is 24.5 Å². The minimum atomic E-state index is 0.116. The van der Waals surface area contributed by atoms with Gasteiger partial charge in [-0.2, -0.15) is 0 Å². The van der Waals surface area contributed by atoms with Crippen LogP contribution in [0.4, 0.5) is 11.4 Å². The van der Waals surface area contributed by atoms with Crippen LogP contribution in [-0.2, 0) is 9.47 Å². The number of anilines is 2. The molecular formula is C20H26N4O3. The number of nitrogens with zero attached hydrogens (tertiary/aromatic N) is 3. The zero-order chi connectivity index (χ0) is 18.6. The van der Waals surface area contributed by atoms with Crippen molar-refractivity contribution in [1.82, 2.24) is 9.97 Å². The second-order valence-corrected chi connectivity index (χ2v) is 6.98. The fourth-order valence-corrected chi connectivity index (χ4v) is 3.51. The molecule has 2 aromatic rings. The molecule has 0 aliphatic carbocycles. The summed E-state index contributed by atoms with van der Waals surface area (Å²) in [5.41, 5.74) is 10.8. The third-order valence-corrected chi connectivity index (χ3v) is 5.06. The number of ether oxygens (including phenoxy) is 3. The molecule has 7 nitrogen and oxygen atoms in total. The van der Waals surface area contributed by atoms with E-state index in [-0.39, 0.29) is 6.10 Å². The number of nitrogen functional groups attached to an aromatic ring is 1. The van der Waals surface area contributed by atoms with Crippen molar-refractivity contribution in [2.45, 2.75) is 25.9 Å². The molecule has 2 aliphatic heterocycles. The van der Waals surface area contributed by atoms with Crippen LogP contribution in [0.25, 0.3) is 11.1 Å². The first-order valence-corrected chi connectivity index (χ1v) is 9.50. The monoisotopic (exact) mass is 370 g/mol. The second-order valence-electron chi connectivity index (χ2n) is 6.98. The van der Waals surface area contributed by atoms with E-state index in [2.05, 4.69) is 20.9 Å². The lowest BCUT2D eigenvalue weighted by atomic mass is 10.1. The summed E-state index contributed by atoms with van der Waals surface area (Å²) >= 11 is 0. The third-order valence-electron chi connectivity index (χ3n) is 5.06. The molecule has 0 spiro atoms. The van der Waals surface area contributed by atoms with Gasteiger partial charge < -0.3 is 24.8 Å². The van der Waals surface area contributed by atoms with Crippen LogP contribution in [0, 0.1) is 6.92 Å². The normalized spacial score (nSPS) is 18.5. The maximum atomic E-state index is 6.26. The number of hydrogen-bond donors (Lipinski definition) is 1. The Hall–Kier alpha value is -2.38. The van der Waals surface area contributed by atoms with Gasteiger partial charge in [-0.05, 0) is 19.1 Å². The summed E-state index contributed by atoms with van der Waals surface area (Å²) in [5.74, 6) is 0.514. The van der Waals surface area contributed by atoms with Gasteiger partial charge in [-0.15, -0.1) is 0 Å². The molecule has 0 bridgehead atoms. The topological polar surface area (TPSA) is 82.7 Å². The lowest BCUT2D eigenvalue weighted by Crippen LogP contribution is -2.36. The van der Waals surface area contributed by atoms with E-state index in [0.29, 0.717) is 11.6 Å². The minimum Gasteiger partial charge on any atom is -0.473 e. The Balaban J connectivity index is 1.57. The molecule has 0 saturated carbocycles. The molecule has 2 N–H and O–H groups in total. The van der Waals surface area contributed by atoms with Crippen molar-refractivity contribution in [3.8, 4) is 17.0 Å². The van der Waals surface area contributed by atoms with Gasteiger partial charge in [0.15, 0.2) is 0 Å². The highest BCUT2D eigenvalue weighted by atomic mass is 16.5. The molecule has 0 radical (unpaired) electrons. The average Bonchev–Trinajstić information content (AvgIpc) is 2.72. The standard InChI is InChI=1S/C20H26N4O3/c1-14-18(11-19(21)20(23-14)27-17-2-6-25-7-3-17)15-10-16(13-22-12-15)24-4-8-26-9-5-24/h10-13,17H,2-9,21H2,1H3. The zero-order valence-corrected chi connectivity index (χ0v) is 15.7. The van der Waals surface area contributed by atoms with Gasteiger partial charge in [0.1, 0.15) is 6.10 Å². The summed E-state index contributed by atoms with van der Waals surface area (Å²) in [6, 6.07) is 4.08. The van der Waals surface area contributed by atoms with Gasteiger partial charge >= 0.3 is 0 Å². The maximum Gasteiger partial charge on any atom is 0.237 e. The highest BCUT2D eigenvalue weighted by molar-refractivity contribution is 5.73. The summed E-state index contributed by atoms with van der Waals surface area (Å²) in [4.78, 5) is 11.3. The van der Waals surface area contributed by atoms with Gasteiger partial charge in [0, 0.05) is 48.9 Å². The van der Waals surface area contributed by atoms with E-state index in [0.717, 1.165) is 74.9 Å². The Morgan fingerprint density at radius 2 is 1.81 bits per heavy atom. The Morgan fingerprint density at radius 3 is 2.59 bits per heavy atom. The molecule has 4 heterocycles. The molecule has 144 valence electrons. The van der Waals surface area contributed by atoms with Crippen LogP contribution < -0.4 is 15.4 Å². The molecule has 0 atom stereocenters. The average molecular weight is 370 g/mol. The predicted octanol–water partition coefficient (Wildman–Crippen LogP) is 2.43. The van der Waals surface area contributed by atoms with Gasteiger partial charge in [0.05, 0.1) is 44.0 Å². The van der Waals surface area contributed by atoms with Crippen LogP contribution in [0.2, 0.25) is 0 Å². The van der Waals surface area contributed by atoms with Crippen LogP contribution >= 0.6 is 0 Å². The van der Waals surface area contributed by atoms with E-state index in [1.165, 1.54) is 0 Å². The van der Waals surface area contributed by atoms with Gasteiger partial charge in [0.2, 0.25) is 5.88 Å². The lowest BCUT2D eigenvalue weighted by molar-refractivity contribution is 0.0240. The van der Waals surface area contributed by atoms with Crippen LogP contribution in [0.3, 0.4) is 0 Å². The number of hydrogen-bond acceptors (Lipinski definition) is 7. The molecule has 2 saturated heterocycles. The fraction of sp³-hybridized carbons (Fsp3) is 0.500. The molecule has 4 rings (SSSR count). The number of pyridine rings is 2. The van der Waals surface area contributed by atoms with Crippen LogP contribution in [-0.4, -0.2) is 55.6 Å². The molecule has 0 amide bonds. The first kappa shape index (κ1) is 18.0. The smallest absolute Gasteiger partial charge is 0.237 e. The summed E-state index contributed by atoms with van der Waals surface area (Å²) in [5, 5.41) is 0. The molecule has 27 heavy (non-hydrogen) atoms. The van der Waals surface area contributed by atoms with E-state index >= 15 is 0 Å². The Labute approximate surface area is 159 Å². The van der Waals surface area contributed by atoms with Crippen molar-refractivity contribution in [2.75, 3.05) is 50.2 Å². The molecule has 2 aliphatic rings. The van der Waals surface area contributed by atoms with Crippen LogP contribution in [0.1, 0.15) is 18.5 Å². The quantitative estimate of drug-likeness (QED) is 0.885. The minimum absolute atomic E-state index is 0.116. The molecule has 0 unspecified atom stereocenters. The first-order chi connectivity index (χ1) is 13.2. The zero-order valence-electron chi connectivity index (χ0n) is 15.7. The summed E-state index contributed by atoms with van der Waals surface area (Å²) in [6.45, 7) is 6.67. The number of nitrogens with two attached hydrogens (primary N) is 1. The van der Waals surface area contributed by atoms with Gasteiger partial charge in [-0.25, -0.2) is 4.98 Å². The van der Waals surface area contributed by atoms with Crippen molar-refractivity contribution in [3.63, 3.8) is 0 Å². The van der Waals surface area contributed by atoms with Crippen molar-refractivity contribution in [3.05, 3.63) is 30.2 Å². The number of aromatic nitrogens is 2. The summed E-state index contributed by atoms with van der Waals surface area (Å²) < 4.78 is 16.8. The molecule has 7 heteroatoms. The van der Waals surface area contributed by atoms with E-state index in [1.807, 2.05) is 25.4 Å². The fourth-order valence-electron chi connectivity index (χ4n) is 3.51. The highest BCUT2D eigenvalue weighted by Crippen LogP contribution is 2.32. The summed E-state index contributed by atoms with van der Waals surface area (Å²) in [6.07, 6.45) is 5.60. The van der Waals surface area contributed by atoms with E-state index in [4.69, 9.17) is 19.9 Å². The lowest BCUT2D eigenvalue weighted by Gasteiger charge is -2.28. The van der Waals surface area contributed by atoms with Crippen LogP contribution in [0.5, 0.6) is 5.88 Å². The molecular weight excluding hydrogens is 344 g/mol. The number of aryl methyl sites for hydroxylation is 1. The first-order valence-electron chi connectivity index (χ1n) is 9.50. The van der Waals surface area contributed by atoms with Crippen molar-refractivity contribution in [1.29, 1.82) is 0 Å². The predicted molar refractivity (Wildman–Crippen MR) is 104 cm³/mol. The Bertz CT molecular complexity index is 787. The highest BCUT2D eigenvalue weighted by Gasteiger charge is 2.19. The second kappa shape index (κ2) is 8.10. The molecule has 2 fully saturated rings. The maximum absolute atomic E-state index is 6.26. The van der Waals surface area contributed by atoms with Gasteiger partial charge in [-0.1, -0.05) is 0 Å². The van der Waals surface area contributed by atoms with Crippen molar-refractivity contribution >= 4 is 11.4 Å². The van der Waals surface area contributed by atoms with Crippen molar-refractivity contribution < 1.29 is 14.2 Å². The van der Waals surface area contributed by atoms with E-state index < -0.39 is 0 Å². The van der Waals surface area contributed by atoms with Crippen molar-refractivity contribution in [2.24, 2.45) is 0 Å². The number of rotatable bonds is 4. The Morgan fingerprint density at radius 1 is 1.07 bits per heavy atom. The van der Waals surface area contributed by atoms with E-state index in [1.54, 1.807) is 0 Å². The third kappa shape index (κ3) is 4.14. The van der Waals surface area contributed by atoms with Gasteiger partial charge in [-0.3, -0.25) is 4.98 Å². The summed E-state index contributed by atoms with van der Waals surface area (Å²) in [7, 11) is 0. The largest absolute Gasteiger partial charge is 0.473 e. The molecule has 0 aromatic carbocycles. The van der Waals surface area contributed by atoms with E-state index in [9.17, 15) is 0 Å². The molecule has 2 aromatic heterocycles. The number of morpholine rings is 1.